The van der Waals surface area contributed by atoms with E-state index in [4.69, 9.17) is 34.8 Å². The summed E-state index contributed by atoms with van der Waals surface area (Å²) in [5.41, 5.74) is -1.92. The summed E-state index contributed by atoms with van der Waals surface area (Å²) >= 11 is 17.9. The maximum atomic E-state index is 12.8. The number of aryl methyl sites for hydroxylation is 1. The number of benzene rings is 2. The highest BCUT2D eigenvalue weighted by molar-refractivity contribution is 7.92. The van der Waals surface area contributed by atoms with Gasteiger partial charge in [0.2, 0.25) is 10.0 Å². The maximum Gasteiger partial charge on any atom is 0.411 e. The van der Waals surface area contributed by atoms with Gasteiger partial charge >= 0.3 is 18.4 Å². The molecule has 0 radical (unpaired) electrons. The molecule has 23 heteroatoms. The number of hydrogen-bond donors (Lipinski definition) is 1. The summed E-state index contributed by atoms with van der Waals surface area (Å²) < 4.78 is 117. The van der Waals surface area contributed by atoms with Crippen LogP contribution in [0.2, 0.25) is 15.1 Å². The van der Waals surface area contributed by atoms with Crippen LogP contribution in [-0.2, 0) is 40.8 Å². The summed E-state index contributed by atoms with van der Waals surface area (Å²) in [4.78, 5) is 48.3. The predicted octanol–water partition coefficient (Wildman–Crippen LogP) is 5.36. The lowest BCUT2D eigenvalue weighted by Crippen LogP contribution is -2.35. The van der Waals surface area contributed by atoms with E-state index in [-0.39, 0.29) is 55.8 Å². The van der Waals surface area contributed by atoms with Crippen LogP contribution >= 0.6 is 34.8 Å². The topological polar surface area (TPSA) is 181 Å². The van der Waals surface area contributed by atoms with Crippen LogP contribution in [-0.4, -0.2) is 73.8 Å². The van der Waals surface area contributed by atoms with Crippen molar-refractivity contribution in [3.63, 3.8) is 0 Å². The normalized spacial score (nSPS) is 14.4. The van der Waals surface area contributed by atoms with Gasteiger partial charge in [0.05, 0.1) is 44.2 Å². The monoisotopic (exact) mass is 826 g/mol. The highest BCUT2D eigenvalue weighted by Gasteiger charge is 2.38. The standard InChI is InChI=1S/C17H16ClF3O6S.C11H10Cl2F2N4O3S/c1-28(25,26)13-6-5-9(15(18)10(13)7-27-8-17(19,20)21)16(24)14-11(22)3-2-4-12(14)23;1-5-16-19(11(20)18(5)10(14)15)9-4-8(17-23(2,21)22)6(12)3-7(9)13/h5-6,14H,2-4,7-8H2,1H3;3-4,10,17H,1-2H3. The van der Waals surface area contributed by atoms with Crippen LogP contribution in [0.4, 0.5) is 27.6 Å². The van der Waals surface area contributed by atoms with E-state index in [1.54, 1.807) is 0 Å². The molecule has 0 spiro atoms. The number of aromatic nitrogens is 3. The molecule has 1 aliphatic carbocycles. The number of nitrogens with one attached hydrogen (secondary N) is 1. The third-order valence-corrected chi connectivity index (χ3v) is 9.68. The number of sulfone groups is 1. The number of nitrogens with zero attached hydrogens (tertiary/aromatic N) is 3. The molecule has 280 valence electrons. The Hall–Kier alpha value is -3.43. The third-order valence-electron chi connectivity index (χ3n) is 6.87. The number of carbonyl (C=O) groups excluding carboxylic acids is 3. The van der Waals surface area contributed by atoms with Gasteiger partial charge in [-0.2, -0.15) is 26.6 Å². The largest absolute Gasteiger partial charge is 0.411 e. The molecule has 1 fully saturated rings. The molecule has 4 rings (SSSR count). The van der Waals surface area contributed by atoms with Crippen LogP contribution in [0.5, 0.6) is 0 Å². The van der Waals surface area contributed by atoms with Crippen LogP contribution in [0.15, 0.2) is 34.0 Å². The van der Waals surface area contributed by atoms with Crippen molar-refractivity contribution in [2.75, 3.05) is 23.8 Å². The number of ketones is 3. The quantitative estimate of drug-likeness (QED) is 0.159. The fourth-order valence-electron chi connectivity index (χ4n) is 4.73. The van der Waals surface area contributed by atoms with Gasteiger partial charge in [-0.1, -0.05) is 34.8 Å². The molecule has 1 heterocycles. The van der Waals surface area contributed by atoms with Gasteiger partial charge in [-0.3, -0.25) is 19.1 Å². The first-order valence-electron chi connectivity index (χ1n) is 14.0. The second-order valence-corrected chi connectivity index (χ2v) is 15.8. The van der Waals surface area contributed by atoms with Crippen molar-refractivity contribution in [3.05, 3.63) is 66.8 Å². The highest BCUT2D eigenvalue weighted by atomic mass is 35.5. The minimum absolute atomic E-state index is 0.0257. The molecule has 1 aromatic heterocycles. The summed E-state index contributed by atoms with van der Waals surface area (Å²) in [6, 6.07) is 4.35. The number of carbonyl (C=O) groups is 3. The summed E-state index contributed by atoms with van der Waals surface area (Å²) in [5.74, 6) is -3.82. The van der Waals surface area contributed by atoms with Gasteiger partial charge in [-0.15, -0.1) is 5.10 Å². The zero-order valence-electron chi connectivity index (χ0n) is 26.4. The Bertz CT molecular complexity index is 2140. The first kappa shape index (κ1) is 42.0. The molecule has 51 heavy (non-hydrogen) atoms. The zero-order chi connectivity index (χ0) is 38.8. The average Bonchev–Trinajstić information content (AvgIpc) is 3.26. The van der Waals surface area contributed by atoms with Crippen LogP contribution in [0.1, 0.15) is 47.6 Å². The Morgan fingerprint density at radius 1 is 1.02 bits per heavy atom. The van der Waals surface area contributed by atoms with Crippen LogP contribution in [0.3, 0.4) is 0 Å². The molecule has 1 aliphatic rings. The van der Waals surface area contributed by atoms with Crippen molar-refractivity contribution in [1.29, 1.82) is 0 Å². The number of rotatable bonds is 10. The summed E-state index contributed by atoms with van der Waals surface area (Å²) in [6.07, 6.45) is -2.50. The summed E-state index contributed by atoms with van der Waals surface area (Å²) in [6.45, 7) is -4.32. The average molecular weight is 828 g/mol. The number of halogens is 8. The number of anilines is 1. The Balaban J connectivity index is 0.000000281. The van der Waals surface area contributed by atoms with Crippen molar-refractivity contribution in [3.8, 4) is 5.69 Å². The number of Topliss-reactive ketones (excluding diaryl/α,β-unsaturated/α-hetero) is 3. The van der Waals surface area contributed by atoms with Gasteiger partial charge in [0.25, 0.3) is 0 Å². The van der Waals surface area contributed by atoms with Gasteiger partial charge in [-0.05, 0) is 37.6 Å². The lowest BCUT2D eigenvalue weighted by Gasteiger charge is -2.20. The summed E-state index contributed by atoms with van der Waals surface area (Å²) in [7, 11) is -7.55. The Labute approximate surface area is 301 Å². The number of ether oxygens (including phenoxy) is 1. The van der Waals surface area contributed by atoms with Gasteiger partial charge in [0.15, 0.2) is 27.2 Å². The molecule has 0 atom stereocenters. The van der Waals surface area contributed by atoms with Crippen molar-refractivity contribution in [2.45, 2.75) is 50.4 Å². The van der Waals surface area contributed by atoms with Crippen LogP contribution in [0, 0.1) is 12.8 Å². The van der Waals surface area contributed by atoms with E-state index in [0.717, 1.165) is 30.7 Å². The minimum atomic E-state index is -4.65. The first-order chi connectivity index (χ1) is 23.3. The van der Waals surface area contributed by atoms with Crippen LogP contribution < -0.4 is 10.4 Å². The molecule has 13 nitrogen and oxygen atoms in total. The fraction of sp³-hybridized carbons (Fsp3) is 0.393. The minimum Gasteiger partial charge on any atom is -0.367 e. The molecular weight excluding hydrogens is 802 g/mol. The van der Waals surface area contributed by atoms with E-state index in [1.165, 1.54) is 13.0 Å². The second kappa shape index (κ2) is 16.1. The van der Waals surface area contributed by atoms with Gasteiger partial charge in [-0.25, -0.2) is 26.2 Å². The molecule has 0 aliphatic heterocycles. The zero-order valence-corrected chi connectivity index (χ0v) is 30.3. The molecular formula is C28H26Cl3F5N4O9S2. The molecule has 3 aromatic rings. The van der Waals surface area contributed by atoms with E-state index in [0.29, 0.717) is 11.1 Å². The SMILES string of the molecule is CS(=O)(=O)c1ccc(C(=O)C2C(=O)CCCC2=O)c(Cl)c1COCC(F)(F)F.Cc1nn(-c2cc(NS(C)(=O)=O)c(Cl)cc2Cl)c(=O)n1C(F)F. The molecule has 1 saturated carbocycles. The van der Waals surface area contributed by atoms with Crippen LogP contribution in [0.25, 0.3) is 5.69 Å². The number of hydrogen-bond acceptors (Lipinski definition) is 10. The van der Waals surface area contributed by atoms with E-state index in [9.17, 15) is 58.0 Å². The highest BCUT2D eigenvalue weighted by Crippen LogP contribution is 2.33. The van der Waals surface area contributed by atoms with Crippen molar-refractivity contribution in [2.24, 2.45) is 5.92 Å². The van der Waals surface area contributed by atoms with Gasteiger partial charge in [0, 0.05) is 30.2 Å². The molecule has 0 saturated heterocycles. The van der Waals surface area contributed by atoms with Crippen molar-refractivity contribution in [1.82, 2.24) is 14.3 Å². The number of sulfonamides is 1. The second-order valence-electron chi connectivity index (χ2n) is 10.9. The Morgan fingerprint density at radius 2 is 1.61 bits per heavy atom. The Morgan fingerprint density at radius 3 is 2.10 bits per heavy atom. The van der Waals surface area contributed by atoms with E-state index in [1.807, 2.05) is 0 Å². The van der Waals surface area contributed by atoms with Gasteiger partial charge < -0.3 is 4.74 Å². The van der Waals surface area contributed by atoms with Gasteiger partial charge in [0.1, 0.15) is 18.3 Å². The molecule has 0 amide bonds. The smallest absolute Gasteiger partial charge is 0.367 e. The third kappa shape index (κ3) is 10.6. The fourth-order valence-corrected chi connectivity index (χ4v) is 7.16. The Kier molecular flexibility index (Phi) is 13.2. The number of alkyl halides is 5. The molecule has 1 N–H and O–H groups in total. The molecule has 2 aromatic carbocycles. The lowest BCUT2D eigenvalue weighted by molar-refractivity contribution is -0.176. The van der Waals surface area contributed by atoms with E-state index < -0.39 is 84.7 Å². The predicted molar refractivity (Wildman–Crippen MR) is 174 cm³/mol. The van der Waals surface area contributed by atoms with E-state index >= 15 is 0 Å². The molecule has 0 bridgehead atoms. The summed E-state index contributed by atoms with van der Waals surface area (Å²) in [5, 5.41) is 3.17. The first-order valence-corrected chi connectivity index (χ1v) is 18.9. The maximum absolute atomic E-state index is 12.8. The van der Waals surface area contributed by atoms with Crippen molar-refractivity contribution >= 4 is 77.7 Å². The van der Waals surface area contributed by atoms with E-state index in [2.05, 4.69) is 14.6 Å². The lowest BCUT2D eigenvalue weighted by atomic mass is 9.81. The molecule has 0 unspecified atom stereocenters. The van der Waals surface area contributed by atoms with Crippen molar-refractivity contribution < 1.29 is 57.9 Å².